The molecular weight excluding hydrogens is 276 g/mol. The molecule has 0 atom stereocenters. The van der Waals surface area contributed by atoms with Gasteiger partial charge in [0, 0.05) is 0 Å². The molecule has 0 saturated carbocycles. The maximum atomic E-state index is 2.39. The zero-order valence-electron chi connectivity index (χ0n) is 14.2. The fourth-order valence-corrected chi connectivity index (χ4v) is 4.61. The van der Waals surface area contributed by atoms with Gasteiger partial charge in [0.05, 0.1) is 0 Å². The van der Waals surface area contributed by atoms with Gasteiger partial charge in [0.1, 0.15) is 0 Å². The highest BCUT2D eigenvalue weighted by atomic mass is 14.2. The molecule has 2 aliphatic rings. The lowest BCUT2D eigenvalue weighted by molar-refractivity contribution is 0.591. The van der Waals surface area contributed by atoms with Crippen LogP contribution in [0.4, 0.5) is 0 Å². The van der Waals surface area contributed by atoms with Gasteiger partial charge in [-0.3, -0.25) is 0 Å². The minimum absolute atomic E-state index is 1.15. The summed E-state index contributed by atoms with van der Waals surface area (Å²) in [5, 5.41) is 0. The summed E-state index contributed by atoms with van der Waals surface area (Å²) in [6.45, 7) is 0. The monoisotopic (exact) mass is 304 g/mol. The summed E-state index contributed by atoms with van der Waals surface area (Å²) in [7, 11) is 0. The van der Waals surface area contributed by atoms with Crippen LogP contribution in [0.5, 0.6) is 0 Å². The Morgan fingerprint density at radius 3 is 1.39 bits per heavy atom. The first-order valence-electron chi connectivity index (χ1n) is 9.61. The molecule has 23 heavy (non-hydrogen) atoms. The van der Waals surface area contributed by atoms with Crippen LogP contribution in [0.1, 0.15) is 71.9 Å². The van der Waals surface area contributed by atoms with Gasteiger partial charge < -0.3 is 0 Å². The second-order valence-electron chi connectivity index (χ2n) is 7.41. The standard InChI is InChI=1S/C23H28/c1-2-4-6-10-19-12-8-14-21-17-20-13-7-11-18(9-5-3-1)22(20)15-16-23(19)21/h7-8,11-14H,1-6,9-10,15-17H2. The molecule has 2 aromatic carbocycles. The van der Waals surface area contributed by atoms with Crippen molar-refractivity contribution in [3.05, 3.63) is 69.8 Å². The molecule has 0 amide bonds. The van der Waals surface area contributed by atoms with Crippen LogP contribution in [0.2, 0.25) is 0 Å². The van der Waals surface area contributed by atoms with Gasteiger partial charge in [0.25, 0.3) is 0 Å². The Balaban J connectivity index is 1.75. The fraction of sp³-hybridized carbons (Fsp3) is 0.478. The molecule has 0 fully saturated rings. The van der Waals surface area contributed by atoms with E-state index in [1.165, 1.54) is 64.2 Å². The lowest BCUT2D eigenvalue weighted by Gasteiger charge is -2.13. The second kappa shape index (κ2) is 6.91. The summed E-state index contributed by atoms with van der Waals surface area (Å²) in [5.41, 5.74) is 9.79. The predicted octanol–water partition coefficient (Wildman–Crippen LogP) is 5.82. The van der Waals surface area contributed by atoms with Gasteiger partial charge in [-0.1, -0.05) is 62.1 Å². The number of benzene rings is 2. The van der Waals surface area contributed by atoms with Crippen molar-refractivity contribution >= 4 is 0 Å². The summed E-state index contributed by atoms with van der Waals surface area (Å²) in [6, 6.07) is 14.1. The average molecular weight is 304 g/mol. The van der Waals surface area contributed by atoms with E-state index < -0.39 is 0 Å². The van der Waals surface area contributed by atoms with Crippen LogP contribution in [0.25, 0.3) is 0 Å². The molecule has 4 rings (SSSR count). The summed E-state index contributed by atoms with van der Waals surface area (Å²) >= 11 is 0. The van der Waals surface area contributed by atoms with E-state index in [9.17, 15) is 0 Å². The van der Waals surface area contributed by atoms with Crippen molar-refractivity contribution in [2.75, 3.05) is 0 Å². The van der Waals surface area contributed by atoms with Crippen molar-refractivity contribution in [1.82, 2.24) is 0 Å². The quantitative estimate of drug-likeness (QED) is 0.575. The molecule has 0 heterocycles. The molecular formula is C23H28. The summed E-state index contributed by atoms with van der Waals surface area (Å²) in [6.07, 6.45) is 14.6. The molecule has 0 aliphatic heterocycles. The van der Waals surface area contributed by atoms with Crippen LogP contribution in [-0.4, -0.2) is 0 Å². The first-order chi connectivity index (χ1) is 11.4. The van der Waals surface area contributed by atoms with Gasteiger partial charge in [-0.05, 0) is 78.3 Å². The summed E-state index contributed by atoms with van der Waals surface area (Å²) in [4.78, 5) is 0. The zero-order valence-corrected chi connectivity index (χ0v) is 14.2. The van der Waals surface area contributed by atoms with Gasteiger partial charge in [0.2, 0.25) is 0 Å². The fourth-order valence-electron chi connectivity index (χ4n) is 4.61. The largest absolute Gasteiger partial charge is 0.0617 e. The number of hydrogen-bond donors (Lipinski definition) is 0. The molecule has 0 spiro atoms. The molecule has 0 nitrogen and oxygen atoms in total. The van der Waals surface area contributed by atoms with E-state index in [1.54, 1.807) is 33.4 Å². The maximum Gasteiger partial charge on any atom is -0.00201 e. The molecule has 0 aromatic heterocycles. The first kappa shape index (κ1) is 15.0. The number of rotatable bonds is 0. The van der Waals surface area contributed by atoms with Gasteiger partial charge in [-0.15, -0.1) is 0 Å². The SMILES string of the molecule is c1cc2c3c(c1)Cc1cccc(c1CC3)CCCCCCCC2. The normalized spacial score (nSPS) is 18.3. The number of aryl methyl sites for hydroxylation is 2. The third-order valence-corrected chi connectivity index (χ3v) is 5.89. The van der Waals surface area contributed by atoms with Crippen LogP contribution < -0.4 is 0 Å². The molecule has 0 heteroatoms. The third kappa shape index (κ3) is 3.22. The van der Waals surface area contributed by atoms with E-state index in [2.05, 4.69) is 36.4 Å². The maximum absolute atomic E-state index is 2.39. The number of fused-ring (bicyclic) bond motifs is 1. The Labute approximate surface area is 140 Å². The van der Waals surface area contributed by atoms with E-state index >= 15 is 0 Å². The van der Waals surface area contributed by atoms with Crippen molar-refractivity contribution < 1.29 is 0 Å². The van der Waals surface area contributed by atoms with E-state index in [4.69, 9.17) is 0 Å². The van der Waals surface area contributed by atoms with Crippen LogP contribution in [0.15, 0.2) is 36.4 Å². The Morgan fingerprint density at radius 1 is 0.435 bits per heavy atom. The smallest absolute Gasteiger partial charge is 0.00201 e. The molecule has 2 aliphatic carbocycles. The van der Waals surface area contributed by atoms with Crippen LogP contribution in [0.3, 0.4) is 0 Å². The van der Waals surface area contributed by atoms with Crippen molar-refractivity contribution in [3.63, 3.8) is 0 Å². The highest BCUT2D eigenvalue weighted by Gasteiger charge is 2.18. The lowest BCUT2D eigenvalue weighted by Crippen LogP contribution is -2.01. The zero-order chi connectivity index (χ0) is 15.5. The van der Waals surface area contributed by atoms with Crippen LogP contribution in [0, 0.1) is 0 Å². The highest BCUT2D eigenvalue weighted by Crippen LogP contribution is 2.30. The van der Waals surface area contributed by atoms with E-state index in [-0.39, 0.29) is 0 Å². The summed E-state index contributed by atoms with van der Waals surface area (Å²) < 4.78 is 0. The first-order valence-corrected chi connectivity index (χ1v) is 9.61. The molecule has 2 bridgehead atoms. The molecule has 0 unspecified atom stereocenters. The Morgan fingerprint density at radius 2 is 0.870 bits per heavy atom. The molecule has 120 valence electrons. The number of hydrogen-bond acceptors (Lipinski definition) is 0. The Hall–Kier alpha value is -1.56. The van der Waals surface area contributed by atoms with Crippen molar-refractivity contribution in [2.45, 2.75) is 70.6 Å². The van der Waals surface area contributed by atoms with Crippen molar-refractivity contribution in [2.24, 2.45) is 0 Å². The van der Waals surface area contributed by atoms with Gasteiger partial charge in [-0.25, -0.2) is 0 Å². The van der Waals surface area contributed by atoms with Crippen molar-refractivity contribution in [1.29, 1.82) is 0 Å². The molecule has 2 aromatic rings. The molecule has 0 saturated heterocycles. The van der Waals surface area contributed by atoms with E-state index in [0.29, 0.717) is 0 Å². The van der Waals surface area contributed by atoms with Crippen LogP contribution in [-0.2, 0) is 32.1 Å². The van der Waals surface area contributed by atoms with Gasteiger partial charge in [0.15, 0.2) is 0 Å². The predicted molar refractivity (Wildman–Crippen MR) is 98.2 cm³/mol. The van der Waals surface area contributed by atoms with E-state index in [1.807, 2.05) is 0 Å². The minimum Gasteiger partial charge on any atom is -0.0617 e. The minimum atomic E-state index is 1.15. The van der Waals surface area contributed by atoms with Crippen molar-refractivity contribution in [3.8, 4) is 0 Å². The average Bonchev–Trinajstić information content (AvgIpc) is 2.76. The molecule has 0 radical (unpaired) electrons. The van der Waals surface area contributed by atoms with Crippen LogP contribution >= 0.6 is 0 Å². The van der Waals surface area contributed by atoms with Gasteiger partial charge in [-0.2, -0.15) is 0 Å². The topological polar surface area (TPSA) is 0 Å². The Kier molecular flexibility index (Phi) is 4.50. The Bertz CT molecular complexity index is 621. The second-order valence-corrected chi connectivity index (χ2v) is 7.41. The lowest BCUT2D eigenvalue weighted by atomic mass is 9.92. The van der Waals surface area contributed by atoms with Gasteiger partial charge >= 0.3 is 0 Å². The highest BCUT2D eigenvalue weighted by molar-refractivity contribution is 5.46. The third-order valence-electron chi connectivity index (χ3n) is 5.89. The summed E-state index contributed by atoms with van der Waals surface area (Å²) in [5.74, 6) is 0. The van der Waals surface area contributed by atoms with E-state index in [0.717, 1.165) is 6.42 Å². The molecule has 0 N–H and O–H groups in total.